The molecule has 0 aromatic carbocycles. The van der Waals surface area contributed by atoms with Gasteiger partial charge in [-0.05, 0) is 39.7 Å². The second-order valence-corrected chi connectivity index (χ2v) is 6.67. The molecule has 0 bridgehead atoms. The molecule has 1 aliphatic carbocycles. The summed E-state index contributed by atoms with van der Waals surface area (Å²) in [5.74, 6) is 0.835. The Morgan fingerprint density at radius 1 is 1.40 bits per heavy atom. The highest BCUT2D eigenvalue weighted by atomic mass is 16.5. The molecule has 2 heterocycles. The van der Waals surface area contributed by atoms with Crippen molar-refractivity contribution in [2.45, 2.75) is 51.7 Å². The zero-order valence-electron chi connectivity index (χ0n) is 15.7. The Hall–Kier alpha value is -1.85. The lowest BCUT2D eigenvalue weighted by molar-refractivity contribution is -0.143. The highest BCUT2D eigenvalue weighted by molar-refractivity contribution is 5.83. The minimum Gasteiger partial charge on any atom is -0.496 e. The number of pyridine rings is 1. The van der Waals surface area contributed by atoms with Crippen LogP contribution >= 0.6 is 0 Å². The average Bonchev–Trinajstić information content (AvgIpc) is 3.07. The molecule has 136 valence electrons. The first-order valence-corrected chi connectivity index (χ1v) is 8.82. The summed E-state index contributed by atoms with van der Waals surface area (Å²) in [6.45, 7) is 6.83. The van der Waals surface area contributed by atoms with Gasteiger partial charge in [-0.2, -0.15) is 0 Å². The lowest BCUT2D eigenvalue weighted by atomic mass is 9.77. The van der Waals surface area contributed by atoms with Crippen LogP contribution in [0.5, 0.6) is 5.75 Å². The third kappa shape index (κ3) is 2.96. The maximum atomic E-state index is 6.12. The summed E-state index contributed by atoms with van der Waals surface area (Å²) in [4.78, 5) is 4.84. The van der Waals surface area contributed by atoms with Crippen LogP contribution in [0.3, 0.4) is 0 Å². The second kappa shape index (κ2) is 7.18. The number of rotatable bonds is 6. The fourth-order valence-electron chi connectivity index (χ4n) is 3.79. The number of hydrogen-bond acceptors (Lipinski definition) is 5. The predicted molar refractivity (Wildman–Crippen MR) is 97.0 cm³/mol. The summed E-state index contributed by atoms with van der Waals surface area (Å²) in [5, 5.41) is 0.906. The first-order chi connectivity index (χ1) is 12.1. The van der Waals surface area contributed by atoms with E-state index in [0.29, 0.717) is 18.7 Å². The molecule has 5 nitrogen and oxygen atoms in total. The van der Waals surface area contributed by atoms with E-state index in [1.165, 1.54) is 5.57 Å². The molecule has 0 N–H and O–H groups in total. The van der Waals surface area contributed by atoms with Gasteiger partial charge in [0.1, 0.15) is 11.4 Å². The molecular formula is C20H27NO4. The Kier molecular flexibility index (Phi) is 5.16. The minimum absolute atomic E-state index is 0.0600. The summed E-state index contributed by atoms with van der Waals surface area (Å²) in [7, 11) is 3.43. The average molecular weight is 345 g/mol. The predicted octanol–water partition coefficient (Wildman–Crippen LogP) is 4.39. The molecule has 25 heavy (non-hydrogen) atoms. The van der Waals surface area contributed by atoms with E-state index in [-0.39, 0.29) is 6.10 Å². The van der Waals surface area contributed by atoms with Gasteiger partial charge in [-0.3, -0.25) is 0 Å². The van der Waals surface area contributed by atoms with Gasteiger partial charge in [0.2, 0.25) is 5.71 Å². The summed E-state index contributed by atoms with van der Waals surface area (Å²) in [5.41, 5.74) is 3.14. The summed E-state index contributed by atoms with van der Waals surface area (Å²) < 4.78 is 23.5. The number of aromatic nitrogens is 1. The van der Waals surface area contributed by atoms with Gasteiger partial charge in [0.05, 0.1) is 30.6 Å². The number of ether oxygens (including phenoxy) is 3. The molecular weight excluding hydrogens is 318 g/mol. The molecule has 2 aromatic rings. The Balaban J connectivity index is 2.24. The molecule has 0 amide bonds. The van der Waals surface area contributed by atoms with Gasteiger partial charge in [0.15, 0.2) is 0 Å². The molecule has 2 aromatic heterocycles. The summed E-state index contributed by atoms with van der Waals surface area (Å²) in [6, 6.07) is 1.90. The third-order valence-corrected chi connectivity index (χ3v) is 4.99. The van der Waals surface area contributed by atoms with Gasteiger partial charge in [0.25, 0.3) is 0 Å². The van der Waals surface area contributed by atoms with Gasteiger partial charge in [0, 0.05) is 25.7 Å². The highest BCUT2D eigenvalue weighted by Gasteiger charge is 2.47. The fraction of sp³-hybridized carbons (Fsp3) is 0.550. The summed E-state index contributed by atoms with van der Waals surface area (Å²) in [6.07, 6.45) is 6.19. The lowest BCUT2D eigenvalue weighted by Crippen LogP contribution is -2.47. The molecule has 0 radical (unpaired) electrons. The summed E-state index contributed by atoms with van der Waals surface area (Å²) >= 11 is 0. The SMILES string of the molecule is CCOC1CCc2c(nc3occc3c2OC)C1(CC=C(C)C)OC. The van der Waals surface area contributed by atoms with Crippen molar-refractivity contribution in [1.29, 1.82) is 0 Å². The molecule has 0 spiro atoms. The van der Waals surface area contributed by atoms with E-state index in [1.54, 1.807) is 20.5 Å². The van der Waals surface area contributed by atoms with Crippen molar-refractivity contribution >= 4 is 11.1 Å². The molecule has 0 fully saturated rings. The second-order valence-electron chi connectivity index (χ2n) is 6.67. The standard InChI is InChI=1S/C20H27NO4/c1-6-24-16-8-7-14-17(22-4)15-10-12-25-19(15)21-18(14)20(16,23-5)11-9-13(2)3/h9-10,12,16H,6-8,11H2,1-5H3. The van der Waals surface area contributed by atoms with Gasteiger partial charge < -0.3 is 18.6 Å². The highest BCUT2D eigenvalue weighted by Crippen LogP contribution is 2.46. The maximum Gasteiger partial charge on any atom is 0.229 e. The van der Waals surface area contributed by atoms with Crippen LogP contribution in [-0.4, -0.2) is 31.9 Å². The first-order valence-electron chi connectivity index (χ1n) is 8.82. The number of allylic oxidation sites excluding steroid dienone is 1. The zero-order valence-corrected chi connectivity index (χ0v) is 15.7. The van der Waals surface area contributed by atoms with E-state index < -0.39 is 5.60 Å². The van der Waals surface area contributed by atoms with Crippen LogP contribution < -0.4 is 4.74 Å². The minimum atomic E-state index is -0.644. The molecule has 1 aliphatic rings. The van der Waals surface area contributed by atoms with Crippen molar-refractivity contribution in [3.63, 3.8) is 0 Å². The number of fused-ring (bicyclic) bond motifs is 2. The van der Waals surface area contributed by atoms with Gasteiger partial charge in [-0.25, -0.2) is 4.98 Å². The number of furan rings is 1. The third-order valence-electron chi connectivity index (χ3n) is 4.99. The normalized spacial score (nSPS) is 22.7. The Bertz CT molecular complexity index is 775. The quantitative estimate of drug-likeness (QED) is 0.727. The number of nitrogens with zero attached hydrogens (tertiary/aromatic N) is 1. The van der Waals surface area contributed by atoms with E-state index in [4.69, 9.17) is 23.6 Å². The van der Waals surface area contributed by atoms with Crippen LogP contribution in [0.2, 0.25) is 0 Å². The zero-order chi connectivity index (χ0) is 18.0. The van der Waals surface area contributed by atoms with E-state index in [9.17, 15) is 0 Å². The van der Waals surface area contributed by atoms with Crippen LogP contribution in [0.25, 0.3) is 11.1 Å². The molecule has 0 saturated heterocycles. The van der Waals surface area contributed by atoms with Crippen LogP contribution in [0.4, 0.5) is 0 Å². The largest absolute Gasteiger partial charge is 0.496 e. The van der Waals surface area contributed by atoms with E-state index in [2.05, 4.69) is 19.9 Å². The van der Waals surface area contributed by atoms with Crippen molar-refractivity contribution in [2.75, 3.05) is 20.8 Å². The lowest BCUT2D eigenvalue weighted by Gasteiger charge is -2.43. The van der Waals surface area contributed by atoms with Crippen molar-refractivity contribution in [1.82, 2.24) is 4.98 Å². The van der Waals surface area contributed by atoms with Crippen molar-refractivity contribution < 1.29 is 18.6 Å². The Morgan fingerprint density at radius 3 is 2.84 bits per heavy atom. The van der Waals surface area contributed by atoms with Crippen molar-refractivity contribution in [2.24, 2.45) is 0 Å². The fourth-order valence-corrected chi connectivity index (χ4v) is 3.79. The monoisotopic (exact) mass is 345 g/mol. The van der Waals surface area contributed by atoms with Crippen LogP contribution in [0.1, 0.15) is 44.9 Å². The first kappa shape index (κ1) is 18.0. The van der Waals surface area contributed by atoms with E-state index in [0.717, 1.165) is 35.2 Å². The van der Waals surface area contributed by atoms with E-state index in [1.807, 2.05) is 13.0 Å². The van der Waals surface area contributed by atoms with Crippen LogP contribution in [0.15, 0.2) is 28.4 Å². The van der Waals surface area contributed by atoms with E-state index >= 15 is 0 Å². The topological polar surface area (TPSA) is 53.7 Å². The smallest absolute Gasteiger partial charge is 0.229 e. The Labute approximate surface area is 149 Å². The van der Waals surface area contributed by atoms with Crippen molar-refractivity contribution in [3.8, 4) is 5.75 Å². The number of methoxy groups -OCH3 is 2. The number of hydrogen-bond donors (Lipinski definition) is 0. The molecule has 5 heteroatoms. The maximum absolute atomic E-state index is 6.12. The molecule has 0 saturated carbocycles. The molecule has 2 atom stereocenters. The van der Waals surface area contributed by atoms with Crippen LogP contribution in [0, 0.1) is 0 Å². The molecule has 0 aliphatic heterocycles. The van der Waals surface area contributed by atoms with Crippen molar-refractivity contribution in [3.05, 3.63) is 35.2 Å². The van der Waals surface area contributed by atoms with Gasteiger partial charge in [-0.15, -0.1) is 0 Å². The van der Waals surface area contributed by atoms with Crippen LogP contribution in [-0.2, 0) is 21.5 Å². The van der Waals surface area contributed by atoms with Gasteiger partial charge >= 0.3 is 0 Å². The Morgan fingerprint density at radius 2 is 2.20 bits per heavy atom. The molecule has 3 rings (SSSR count). The van der Waals surface area contributed by atoms with Gasteiger partial charge in [-0.1, -0.05) is 11.6 Å². The molecule has 2 unspecified atom stereocenters.